The first kappa shape index (κ1) is 21.8. The molecule has 2 aromatic rings. The Morgan fingerprint density at radius 3 is 2.55 bits per heavy atom. The smallest absolute Gasteiger partial charge is 0.226 e. The zero-order valence-corrected chi connectivity index (χ0v) is 19.0. The minimum absolute atomic E-state index is 0.0829. The number of amides is 1. The number of carbonyl (C=O) groups is 1. The first-order chi connectivity index (χ1) is 13.9. The number of carbonyl (C=O) groups excluding carboxylic acids is 1. The molecule has 0 atom stereocenters. The van der Waals surface area contributed by atoms with Gasteiger partial charge in [0.2, 0.25) is 5.91 Å². The van der Waals surface area contributed by atoms with Gasteiger partial charge in [0.05, 0.1) is 12.1 Å². The third kappa shape index (κ3) is 6.30. The molecule has 0 saturated heterocycles. The molecule has 29 heavy (non-hydrogen) atoms. The van der Waals surface area contributed by atoms with Crippen molar-refractivity contribution in [1.29, 1.82) is 0 Å². The van der Waals surface area contributed by atoms with E-state index in [1.54, 1.807) is 11.3 Å². The molecule has 1 heterocycles. The summed E-state index contributed by atoms with van der Waals surface area (Å²) in [6, 6.07) is 8.31. The van der Waals surface area contributed by atoms with Crippen molar-refractivity contribution in [3.8, 4) is 5.75 Å². The van der Waals surface area contributed by atoms with Gasteiger partial charge < -0.3 is 10.1 Å². The van der Waals surface area contributed by atoms with E-state index in [4.69, 9.17) is 4.74 Å². The van der Waals surface area contributed by atoms with Crippen LogP contribution in [0.4, 0.5) is 0 Å². The Hall–Kier alpha value is -1.88. The van der Waals surface area contributed by atoms with Crippen molar-refractivity contribution in [2.75, 3.05) is 0 Å². The molecule has 3 rings (SSSR count). The number of hydrogen-bond acceptors (Lipinski definition) is 4. The molecule has 1 aliphatic carbocycles. The largest absolute Gasteiger partial charge is 0.486 e. The van der Waals surface area contributed by atoms with Gasteiger partial charge in [0.1, 0.15) is 17.4 Å². The Labute approximate surface area is 179 Å². The summed E-state index contributed by atoms with van der Waals surface area (Å²) in [7, 11) is 0. The van der Waals surface area contributed by atoms with Crippen LogP contribution in [0, 0.1) is 18.3 Å². The van der Waals surface area contributed by atoms with E-state index >= 15 is 0 Å². The average molecular weight is 415 g/mol. The van der Waals surface area contributed by atoms with E-state index in [1.807, 2.05) is 29.6 Å². The Morgan fingerprint density at radius 2 is 1.90 bits per heavy atom. The highest BCUT2D eigenvalue weighted by atomic mass is 32.1. The Kier molecular flexibility index (Phi) is 7.33. The fourth-order valence-electron chi connectivity index (χ4n) is 4.03. The van der Waals surface area contributed by atoms with Crippen LogP contribution in [0.3, 0.4) is 0 Å². The quantitative estimate of drug-likeness (QED) is 0.604. The first-order valence-corrected chi connectivity index (χ1v) is 11.7. The summed E-state index contributed by atoms with van der Waals surface area (Å²) in [5.41, 5.74) is 2.45. The van der Waals surface area contributed by atoms with Gasteiger partial charge in [-0.25, -0.2) is 4.98 Å². The molecule has 1 N–H and O–H groups in total. The summed E-state index contributed by atoms with van der Waals surface area (Å²) in [5, 5.41) is 6.09. The molecule has 1 aliphatic rings. The number of ether oxygens (including phenoxy) is 1. The third-order valence-electron chi connectivity index (χ3n) is 6.43. The van der Waals surface area contributed by atoms with Crippen LogP contribution < -0.4 is 10.1 Å². The van der Waals surface area contributed by atoms with Crippen LogP contribution in [0.1, 0.15) is 69.1 Å². The van der Waals surface area contributed by atoms with Gasteiger partial charge in [0, 0.05) is 11.4 Å². The Bertz CT molecular complexity index is 789. The predicted octanol–water partition coefficient (Wildman–Crippen LogP) is 5.68. The predicted molar refractivity (Wildman–Crippen MR) is 119 cm³/mol. The van der Waals surface area contributed by atoms with E-state index in [1.165, 1.54) is 24.8 Å². The highest BCUT2D eigenvalue weighted by Crippen LogP contribution is 2.40. The van der Waals surface area contributed by atoms with Crippen molar-refractivity contribution in [2.45, 2.75) is 78.9 Å². The number of aryl methyl sites for hydroxylation is 1. The lowest BCUT2D eigenvalue weighted by Gasteiger charge is -2.39. The van der Waals surface area contributed by atoms with E-state index < -0.39 is 0 Å². The van der Waals surface area contributed by atoms with Crippen LogP contribution in [0.2, 0.25) is 0 Å². The molecule has 5 heteroatoms. The number of benzene rings is 1. The molecule has 158 valence electrons. The molecule has 0 aliphatic heterocycles. The van der Waals surface area contributed by atoms with Gasteiger partial charge in [-0.3, -0.25) is 4.79 Å². The van der Waals surface area contributed by atoms with Crippen LogP contribution in [-0.2, 0) is 17.8 Å². The van der Waals surface area contributed by atoms with Gasteiger partial charge in [-0.1, -0.05) is 44.9 Å². The van der Waals surface area contributed by atoms with Gasteiger partial charge in [-0.2, -0.15) is 0 Å². The van der Waals surface area contributed by atoms with Crippen LogP contribution in [0.25, 0.3) is 0 Å². The minimum atomic E-state index is 0.0829. The lowest BCUT2D eigenvalue weighted by Crippen LogP contribution is -2.40. The van der Waals surface area contributed by atoms with E-state index in [0.717, 1.165) is 35.2 Å². The maximum Gasteiger partial charge on any atom is 0.226 e. The van der Waals surface area contributed by atoms with Crippen molar-refractivity contribution in [3.63, 3.8) is 0 Å². The van der Waals surface area contributed by atoms with Gasteiger partial charge in [0.25, 0.3) is 0 Å². The van der Waals surface area contributed by atoms with Crippen LogP contribution in [0.15, 0.2) is 29.6 Å². The van der Waals surface area contributed by atoms with E-state index in [-0.39, 0.29) is 5.91 Å². The van der Waals surface area contributed by atoms with Crippen LogP contribution >= 0.6 is 11.3 Å². The maximum atomic E-state index is 12.5. The van der Waals surface area contributed by atoms with Gasteiger partial charge in [-0.15, -0.1) is 11.3 Å². The number of thiazole rings is 1. The molecular formula is C24H34N2O2S. The Balaban J connectivity index is 1.42. The van der Waals surface area contributed by atoms with Crippen molar-refractivity contribution in [1.82, 2.24) is 10.3 Å². The summed E-state index contributed by atoms with van der Waals surface area (Å²) in [4.78, 5) is 17.0. The standard InChI is InChI=1S/C24H34N2O2S/c1-5-24(3,4)18-8-10-19(11-9-18)25-22(27)14-20-16-29-23(26-20)15-28-21-12-6-17(2)7-13-21/h6-7,12-13,16,18-19H,5,8-11,14-15H2,1-4H3,(H,25,27). The van der Waals surface area contributed by atoms with E-state index in [2.05, 4.69) is 38.0 Å². The second-order valence-electron chi connectivity index (χ2n) is 8.97. The first-order valence-electron chi connectivity index (χ1n) is 10.8. The summed E-state index contributed by atoms with van der Waals surface area (Å²) in [5.74, 6) is 1.70. The highest BCUT2D eigenvalue weighted by Gasteiger charge is 2.32. The third-order valence-corrected chi connectivity index (χ3v) is 7.30. The van der Waals surface area contributed by atoms with Crippen LogP contribution in [-0.4, -0.2) is 16.9 Å². The summed E-state index contributed by atoms with van der Waals surface area (Å²) in [6.07, 6.45) is 6.17. The molecule has 1 amide bonds. The molecule has 1 aromatic carbocycles. The zero-order chi connectivity index (χ0) is 20.9. The molecule has 0 unspecified atom stereocenters. The number of aromatic nitrogens is 1. The minimum Gasteiger partial charge on any atom is -0.486 e. The lowest BCUT2D eigenvalue weighted by molar-refractivity contribution is -0.121. The number of rotatable bonds is 8. The molecule has 4 nitrogen and oxygen atoms in total. The number of nitrogens with one attached hydrogen (secondary N) is 1. The summed E-state index contributed by atoms with van der Waals surface area (Å²) < 4.78 is 5.78. The fraction of sp³-hybridized carbons (Fsp3) is 0.583. The lowest BCUT2D eigenvalue weighted by atomic mass is 9.69. The molecular weight excluding hydrogens is 380 g/mol. The van der Waals surface area contributed by atoms with Crippen molar-refractivity contribution < 1.29 is 9.53 Å². The highest BCUT2D eigenvalue weighted by molar-refractivity contribution is 7.09. The maximum absolute atomic E-state index is 12.5. The van der Waals surface area contributed by atoms with E-state index in [9.17, 15) is 4.79 Å². The van der Waals surface area contributed by atoms with E-state index in [0.29, 0.717) is 24.5 Å². The topological polar surface area (TPSA) is 51.2 Å². The SMILES string of the molecule is CCC(C)(C)C1CCC(NC(=O)Cc2csc(COc3ccc(C)cc3)n2)CC1. The number of nitrogens with zero attached hydrogens (tertiary/aromatic N) is 1. The Morgan fingerprint density at radius 1 is 1.21 bits per heavy atom. The van der Waals surface area contributed by atoms with Gasteiger partial charge in [-0.05, 0) is 56.1 Å². The van der Waals surface area contributed by atoms with Crippen molar-refractivity contribution >= 4 is 17.2 Å². The average Bonchev–Trinajstić information content (AvgIpc) is 3.15. The van der Waals surface area contributed by atoms with Crippen LogP contribution in [0.5, 0.6) is 5.75 Å². The molecule has 0 spiro atoms. The summed E-state index contributed by atoms with van der Waals surface area (Å²) in [6.45, 7) is 9.52. The molecule has 1 aromatic heterocycles. The summed E-state index contributed by atoms with van der Waals surface area (Å²) >= 11 is 1.55. The fourth-order valence-corrected chi connectivity index (χ4v) is 4.73. The molecule has 1 saturated carbocycles. The monoisotopic (exact) mass is 414 g/mol. The molecule has 0 radical (unpaired) electrons. The molecule has 0 bridgehead atoms. The second kappa shape index (κ2) is 9.75. The normalized spacial score (nSPS) is 19.7. The molecule has 1 fully saturated rings. The van der Waals surface area contributed by atoms with Gasteiger partial charge in [0.15, 0.2) is 0 Å². The van der Waals surface area contributed by atoms with Crippen molar-refractivity contribution in [2.24, 2.45) is 11.3 Å². The zero-order valence-electron chi connectivity index (χ0n) is 18.2. The number of hydrogen-bond donors (Lipinski definition) is 1. The van der Waals surface area contributed by atoms with Crippen molar-refractivity contribution in [3.05, 3.63) is 45.9 Å². The van der Waals surface area contributed by atoms with Gasteiger partial charge >= 0.3 is 0 Å². The second-order valence-corrected chi connectivity index (χ2v) is 9.91.